The predicted molar refractivity (Wildman–Crippen MR) is 99.8 cm³/mol. The second kappa shape index (κ2) is 7.53. The van der Waals surface area contributed by atoms with Crippen LogP contribution in [-0.2, 0) is 23.2 Å². The van der Waals surface area contributed by atoms with E-state index in [4.69, 9.17) is 11.6 Å². The van der Waals surface area contributed by atoms with Gasteiger partial charge < -0.3 is 4.57 Å². The number of hydrogen-bond donors (Lipinski definition) is 1. The zero-order chi connectivity index (χ0) is 21.4. The van der Waals surface area contributed by atoms with E-state index in [0.29, 0.717) is 16.7 Å². The smallest absolute Gasteiger partial charge is 0.333 e. The lowest BCUT2D eigenvalue weighted by atomic mass is 10.2. The summed E-state index contributed by atoms with van der Waals surface area (Å²) in [6.07, 6.45) is -3.66. The molecule has 0 atom stereocenters. The van der Waals surface area contributed by atoms with Gasteiger partial charge in [-0.1, -0.05) is 35.9 Å². The number of hydrogen-bond acceptors (Lipinski definition) is 4. The maximum absolute atomic E-state index is 13.1. The zero-order valence-electron chi connectivity index (χ0n) is 14.7. The highest BCUT2D eigenvalue weighted by Gasteiger charge is 2.37. The molecule has 0 spiro atoms. The van der Waals surface area contributed by atoms with E-state index in [1.807, 2.05) is 0 Å². The van der Waals surface area contributed by atoms with Crippen molar-refractivity contribution in [2.24, 2.45) is 7.05 Å². The molecule has 0 aliphatic heterocycles. The summed E-state index contributed by atoms with van der Waals surface area (Å²) in [6.45, 7) is 0. The molecular formula is C18H13ClF3N3O3S. The first-order valence-electron chi connectivity index (χ1n) is 8.02. The van der Waals surface area contributed by atoms with Gasteiger partial charge in [0.2, 0.25) is 0 Å². The maximum Gasteiger partial charge on any atom is 0.417 e. The fourth-order valence-corrected chi connectivity index (χ4v) is 4.04. The van der Waals surface area contributed by atoms with Crippen molar-refractivity contribution in [1.29, 1.82) is 0 Å². The molecule has 3 rings (SSSR count). The number of alkyl halides is 3. The lowest BCUT2D eigenvalue weighted by Gasteiger charge is -2.13. The van der Waals surface area contributed by atoms with E-state index in [-0.39, 0.29) is 11.5 Å². The Morgan fingerprint density at radius 2 is 1.72 bits per heavy atom. The largest absolute Gasteiger partial charge is 0.417 e. The number of benzene rings is 2. The van der Waals surface area contributed by atoms with Gasteiger partial charge in [0, 0.05) is 18.8 Å². The monoisotopic (exact) mass is 443 g/mol. The van der Waals surface area contributed by atoms with E-state index in [2.05, 4.69) is 4.98 Å². The molecule has 0 aliphatic carbocycles. The summed E-state index contributed by atoms with van der Waals surface area (Å²) in [5, 5.41) is 0.361. The van der Waals surface area contributed by atoms with Crippen LogP contribution in [0.3, 0.4) is 0 Å². The molecule has 2 aromatic carbocycles. The first-order valence-corrected chi connectivity index (χ1v) is 9.88. The van der Waals surface area contributed by atoms with Gasteiger partial charge in [0.25, 0.3) is 15.9 Å². The van der Waals surface area contributed by atoms with Crippen molar-refractivity contribution in [3.05, 3.63) is 71.0 Å². The Morgan fingerprint density at radius 3 is 2.38 bits per heavy atom. The Bertz CT molecular complexity index is 1190. The molecule has 11 heteroatoms. The third kappa shape index (κ3) is 4.28. The Labute approximate surface area is 169 Å². The maximum atomic E-state index is 13.1. The van der Waals surface area contributed by atoms with Gasteiger partial charge in [-0.05, 0) is 24.3 Å². The number of halogens is 4. The van der Waals surface area contributed by atoms with E-state index < -0.39 is 32.6 Å². The number of aromatic nitrogens is 2. The molecular weight excluding hydrogens is 431 g/mol. The highest BCUT2D eigenvalue weighted by Crippen LogP contribution is 2.34. The first kappa shape index (κ1) is 20.9. The topological polar surface area (TPSA) is 81.1 Å². The summed E-state index contributed by atoms with van der Waals surface area (Å²) in [6, 6.07) is 10.2. The predicted octanol–water partition coefficient (Wildman–Crippen LogP) is 3.88. The fourth-order valence-electron chi connectivity index (χ4n) is 2.63. The standard InChI is InChI=1S/C18H13ClF3N3O3S/c1-25-10-14(23-16(25)11-6-2-4-8-13(11)19)17(26)24-29(27,28)15-9-5-3-7-12(15)18(20,21)22/h2-10H,1H3,(H,24,26). The molecule has 0 radical (unpaired) electrons. The van der Waals surface area contributed by atoms with E-state index in [1.54, 1.807) is 36.0 Å². The molecule has 1 aromatic heterocycles. The third-order valence-corrected chi connectivity index (χ3v) is 5.65. The number of sulfonamides is 1. The number of aryl methyl sites for hydroxylation is 1. The summed E-state index contributed by atoms with van der Waals surface area (Å²) >= 11 is 6.11. The van der Waals surface area contributed by atoms with Crippen LogP contribution in [0.2, 0.25) is 5.02 Å². The van der Waals surface area contributed by atoms with Crippen LogP contribution in [-0.4, -0.2) is 23.9 Å². The molecule has 1 heterocycles. The summed E-state index contributed by atoms with van der Waals surface area (Å²) in [7, 11) is -3.23. The summed E-state index contributed by atoms with van der Waals surface area (Å²) in [5.41, 5.74) is -1.17. The minimum absolute atomic E-state index is 0.286. The molecule has 0 bridgehead atoms. The van der Waals surface area contributed by atoms with Crippen LogP contribution >= 0.6 is 11.6 Å². The number of rotatable bonds is 4. The highest BCUT2D eigenvalue weighted by molar-refractivity contribution is 7.90. The normalized spacial score (nSPS) is 12.0. The van der Waals surface area contributed by atoms with Gasteiger partial charge in [0.1, 0.15) is 11.5 Å². The molecule has 0 unspecified atom stereocenters. The molecule has 1 amide bonds. The SMILES string of the molecule is Cn1cc(C(=O)NS(=O)(=O)c2ccccc2C(F)(F)F)nc1-c1ccccc1Cl. The van der Waals surface area contributed by atoms with Crippen LogP contribution in [0.1, 0.15) is 16.1 Å². The van der Waals surface area contributed by atoms with Gasteiger partial charge in [0.15, 0.2) is 0 Å². The van der Waals surface area contributed by atoms with Crippen molar-refractivity contribution in [3.63, 3.8) is 0 Å². The lowest BCUT2D eigenvalue weighted by Crippen LogP contribution is -2.32. The fraction of sp³-hybridized carbons (Fsp3) is 0.111. The number of nitrogens with one attached hydrogen (secondary N) is 1. The molecule has 6 nitrogen and oxygen atoms in total. The average molecular weight is 444 g/mol. The number of carbonyl (C=O) groups excluding carboxylic acids is 1. The number of nitrogens with zero attached hydrogens (tertiary/aromatic N) is 2. The van der Waals surface area contributed by atoms with E-state index in [9.17, 15) is 26.4 Å². The average Bonchev–Trinajstić information content (AvgIpc) is 3.03. The number of carbonyl (C=O) groups is 1. The second-order valence-corrected chi connectivity index (χ2v) is 8.03. The van der Waals surface area contributed by atoms with E-state index in [1.165, 1.54) is 10.8 Å². The Balaban J connectivity index is 1.94. The van der Waals surface area contributed by atoms with Gasteiger partial charge in [-0.2, -0.15) is 13.2 Å². The van der Waals surface area contributed by atoms with E-state index >= 15 is 0 Å². The molecule has 0 saturated heterocycles. The van der Waals surface area contributed by atoms with Gasteiger partial charge in [0.05, 0.1) is 15.5 Å². The summed E-state index contributed by atoms with van der Waals surface area (Å²) in [5.74, 6) is -0.885. The molecule has 152 valence electrons. The molecule has 0 fully saturated rings. The highest BCUT2D eigenvalue weighted by atomic mass is 35.5. The van der Waals surface area contributed by atoms with Crippen molar-refractivity contribution in [3.8, 4) is 11.4 Å². The Morgan fingerprint density at radius 1 is 1.10 bits per heavy atom. The van der Waals surface area contributed by atoms with Crippen molar-refractivity contribution in [2.75, 3.05) is 0 Å². The molecule has 0 saturated carbocycles. The third-order valence-electron chi connectivity index (χ3n) is 3.93. The summed E-state index contributed by atoms with van der Waals surface area (Å²) in [4.78, 5) is 15.4. The van der Waals surface area contributed by atoms with Crippen LogP contribution in [0.5, 0.6) is 0 Å². The second-order valence-electron chi connectivity index (χ2n) is 5.97. The van der Waals surface area contributed by atoms with Crippen LogP contribution in [0.15, 0.2) is 59.6 Å². The number of amides is 1. The molecule has 1 N–H and O–H groups in total. The Hall–Kier alpha value is -2.85. The van der Waals surface area contributed by atoms with Gasteiger partial charge in [-0.15, -0.1) is 0 Å². The minimum atomic E-state index is -4.91. The van der Waals surface area contributed by atoms with E-state index in [0.717, 1.165) is 18.2 Å². The molecule has 3 aromatic rings. The van der Waals surface area contributed by atoms with Gasteiger partial charge in [-0.25, -0.2) is 18.1 Å². The van der Waals surface area contributed by atoms with Gasteiger partial charge >= 0.3 is 6.18 Å². The minimum Gasteiger partial charge on any atom is -0.333 e. The quantitative estimate of drug-likeness (QED) is 0.663. The molecule has 0 aliphatic rings. The van der Waals surface area contributed by atoms with Crippen molar-refractivity contribution in [2.45, 2.75) is 11.1 Å². The molecule has 29 heavy (non-hydrogen) atoms. The van der Waals surface area contributed by atoms with Crippen LogP contribution in [0.4, 0.5) is 13.2 Å². The van der Waals surface area contributed by atoms with Crippen LogP contribution in [0.25, 0.3) is 11.4 Å². The lowest BCUT2D eigenvalue weighted by molar-refractivity contribution is -0.139. The van der Waals surface area contributed by atoms with Crippen LogP contribution in [0, 0.1) is 0 Å². The zero-order valence-corrected chi connectivity index (χ0v) is 16.3. The van der Waals surface area contributed by atoms with Crippen molar-refractivity contribution in [1.82, 2.24) is 14.3 Å². The van der Waals surface area contributed by atoms with Crippen molar-refractivity contribution >= 4 is 27.5 Å². The summed E-state index contributed by atoms with van der Waals surface area (Å²) < 4.78 is 67.3. The van der Waals surface area contributed by atoms with Gasteiger partial charge in [-0.3, -0.25) is 4.79 Å². The number of imidazole rings is 1. The van der Waals surface area contributed by atoms with Crippen LogP contribution < -0.4 is 4.72 Å². The van der Waals surface area contributed by atoms with Crippen molar-refractivity contribution < 1.29 is 26.4 Å². The Kier molecular flexibility index (Phi) is 5.42. The first-order chi connectivity index (χ1) is 13.5.